The molecule has 1 aromatic heterocycles. The molecule has 0 aliphatic carbocycles. The van der Waals surface area contributed by atoms with Crippen molar-refractivity contribution in [3.05, 3.63) is 24.4 Å². The Hall–Kier alpha value is -2.01. The summed E-state index contributed by atoms with van der Waals surface area (Å²) >= 11 is 0. The average molecular weight is 261 g/mol. The molecule has 2 rings (SSSR count). The third-order valence-corrected chi connectivity index (χ3v) is 2.93. The molecule has 0 saturated carbocycles. The molecule has 0 fully saturated rings. The molecule has 0 aliphatic heterocycles. The van der Waals surface area contributed by atoms with Crippen LogP contribution in [0.2, 0.25) is 0 Å². The fourth-order valence-electron chi connectivity index (χ4n) is 2.02. The highest BCUT2D eigenvalue weighted by Crippen LogP contribution is 2.38. The van der Waals surface area contributed by atoms with Crippen LogP contribution in [0.4, 0.5) is 5.69 Å². The van der Waals surface area contributed by atoms with Gasteiger partial charge in [0.1, 0.15) is 0 Å². The van der Waals surface area contributed by atoms with E-state index in [1.807, 2.05) is 18.2 Å². The fourth-order valence-corrected chi connectivity index (χ4v) is 2.02. The number of hydrogen-bond donors (Lipinski definition) is 2. The predicted octanol–water partition coefficient (Wildman–Crippen LogP) is 2.01. The number of benzene rings is 1. The second-order valence-corrected chi connectivity index (χ2v) is 4.13. The molecule has 1 aromatic carbocycles. The van der Waals surface area contributed by atoms with Crippen LogP contribution in [0.1, 0.15) is 6.42 Å². The normalized spacial score (nSPS) is 10.5. The number of rotatable bonds is 6. The first-order valence-corrected chi connectivity index (χ1v) is 6.25. The molecule has 0 spiro atoms. The molecule has 0 saturated heterocycles. The highest BCUT2D eigenvalue weighted by atomic mass is 16.5. The van der Waals surface area contributed by atoms with Gasteiger partial charge in [0, 0.05) is 24.2 Å². The van der Waals surface area contributed by atoms with Gasteiger partial charge in [0.25, 0.3) is 0 Å². The van der Waals surface area contributed by atoms with Gasteiger partial charge in [-0.2, -0.15) is 0 Å². The first kappa shape index (κ1) is 13.4. The highest BCUT2D eigenvalue weighted by Gasteiger charge is 2.13. The first-order chi connectivity index (χ1) is 9.31. The summed E-state index contributed by atoms with van der Waals surface area (Å²) in [6, 6.07) is 5.76. The number of nitrogens with one attached hydrogen (secondary N) is 1. The number of anilines is 1. The maximum atomic E-state index is 5.51. The van der Waals surface area contributed by atoms with Crippen LogP contribution in [0, 0.1) is 0 Å². The Morgan fingerprint density at radius 1 is 1.32 bits per heavy atom. The van der Waals surface area contributed by atoms with Gasteiger partial charge in [0.2, 0.25) is 0 Å². The Labute approximate surface area is 112 Å². The van der Waals surface area contributed by atoms with Crippen molar-refractivity contribution in [1.29, 1.82) is 0 Å². The minimum atomic E-state index is 0.658. The number of pyridine rings is 1. The minimum Gasteiger partial charge on any atom is -0.493 e. The third kappa shape index (κ3) is 2.71. The van der Waals surface area contributed by atoms with Gasteiger partial charge in [-0.3, -0.25) is 4.98 Å². The molecular formula is C14H19N3O2. The van der Waals surface area contributed by atoms with E-state index < -0.39 is 0 Å². The highest BCUT2D eigenvalue weighted by molar-refractivity contribution is 5.97. The second-order valence-electron chi connectivity index (χ2n) is 4.13. The number of hydrogen-bond acceptors (Lipinski definition) is 5. The molecular weight excluding hydrogens is 242 g/mol. The lowest BCUT2D eigenvalue weighted by Crippen LogP contribution is -2.09. The lowest BCUT2D eigenvalue weighted by atomic mass is 10.1. The Morgan fingerprint density at radius 3 is 2.84 bits per heavy atom. The summed E-state index contributed by atoms with van der Waals surface area (Å²) in [4.78, 5) is 4.41. The zero-order valence-electron chi connectivity index (χ0n) is 11.3. The van der Waals surface area contributed by atoms with Crippen molar-refractivity contribution in [3.63, 3.8) is 0 Å². The Bertz CT molecular complexity index is 558. The van der Waals surface area contributed by atoms with Crippen LogP contribution in [-0.2, 0) is 0 Å². The standard InChI is InChI=1S/C14H19N3O2/c1-18-12-9-11(16-8-4-6-15)13-10(14(12)19-2)5-3-7-17-13/h3,5,7,9,16H,4,6,8,15H2,1-2H3. The van der Waals surface area contributed by atoms with E-state index in [4.69, 9.17) is 15.2 Å². The van der Waals surface area contributed by atoms with Gasteiger partial charge >= 0.3 is 0 Å². The molecule has 5 nitrogen and oxygen atoms in total. The van der Waals surface area contributed by atoms with E-state index in [0.29, 0.717) is 18.0 Å². The van der Waals surface area contributed by atoms with Crippen LogP contribution in [0.3, 0.4) is 0 Å². The lowest BCUT2D eigenvalue weighted by molar-refractivity contribution is 0.358. The van der Waals surface area contributed by atoms with Crippen molar-refractivity contribution in [1.82, 2.24) is 4.98 Å². The van der Waals surface area contributed by atoms with Gasteiger partial charge in [0.05, 0.1) is 25.4 Å². The van der Waals surface area contributed by atoms with Crippen LogP contribution in [0.5, 0.6) is 11.5 Å². The first-order valence-electron chi connectivity index (χ1n) is 6.25. The topological polar surface area (TPSA) is 69.4 Å². The fraction of sp³-hybridized carbons (Fsp3) is 0.357. The van der Waals surface area contributed by atoms with Crippen molar-refractivity contribution in [2.75, 3.05) is 32.6 Å². The molecule has 0 aliphatic rings. The smallest absolute Gasteiger partial charge is 0.170 e. The quantitative estimate of drug-likeness (QED) is 0.778. The molecule has 5 heteroatoms. The van der Waals surface area contributed by atoms with Gasteiger partial charge in [-0.1, -0.05) is 0 Å². The molecule has 0 bridgehead atoms. The van der Waals surface area contributed by atoms with Crippen molar-refractivity contribution < 1.29 is 9.47 Å². The molecule has 0 atom stereocenters. The number of methoxy groups -OCH3 is 2. The maximum Gasteiger partial charge on any atom is 0.170 e. The zero-order chi connectivity index (χ0) is 13.7. The third-order valence-electron chi connectivity index (χ3n) is 2.93. The van der Waals surface area contributed by atoms with Crippen LogP contribution >= 0.6 is 0 Å². The summed E-state index contributed by atoms with van der Waals surface area (Å²) in [5.41, 5.74) is 7.31. The van der Waals surface area contributed by atoms with Gasteiger partial charge in [0.15, 0.2) is 11.5 Å². The van der Waals surface area contributed by atoms with Gasteiger partial charge in [-0.05, 0) is 25.1 Å². The van der Waals surface area contributed by atoms with E-state index in [2.05, 4.69) is 10.3 Å². The van der Waals surface area contributed by atoms with Crippen molar-refractivity contribution in [2.24, 2.45) is 5.73 Å². The second kappa shape index (κ2) is 6.24. The maximum absolute atomic E-state index is 5.51. The van der Waals surface area contributed by atoms with Gasteiger partial charge < -0.3 is 20.5 Å². The molecule has 2 aromatic rings. The van der Waals surface area contributed by atoms with Crippen molar-refractivity contribution in [2.45, 2.75) is 6.42 Å². The van der Waals surface area contributed by atoms with Crippen molar-refractivity contribution in [3.8, 4) is 11.5 Å². The van der Waals surface area contributed by atoms with E-state index in [9.17, 15) is 0 Å². The summed E-state index contributed by atoms with van der Waals surface area (Å²) in [5, 5.41) is 4.27. The molecule has 0 unspecified atom stereocenters. The van der Waals surface area contributed by atoms with Crippen LogP contribution < -0.4 is 20.5 Å². The molecule has 0 amide bonds. The van der Waals surface area contributed by atoms with E-state index >= 15 is 0 Å². The summed E-state index contributed by atoms with van der Waals surface area (Å²) in [6.07, 6.45) is 2.67. The predicted molar refractivity (Wildman–Crippen MR) is 77.0 cm³/mol. The number of nitrogens with zero attached hydrogens (tertiary/aromatic N) is 1. The summed E-state index contributed by atoms with van der Waals surface area (Å²) in [5.74, 6) is 1.40. The van der Waals surface area contributed by atoms with Crippen LogP contribution in [0.15, 0.2) is 24.4 Å². The van der Waals surface area contributed by atoms with E-state index in [1.54, 1.807) is 20.4 Å². The molecule has 19 heavy (non-hydrogen) atoms. The monoisotopic (exact) mass is 261 g/mol. The largest absolute Gasteiger partial charge is 0.493 e. The molecule has 1 heterocycles. The Kier molecular flexibility index (Phi) is 4.41. The minimum absolute atomic E-state index is 0.658. The summed E-state index contributed by atoms with van der Waals surface area (Å²) in [6.45, 7) is 1.46. The Morgan fingerprint density at radius 2 is 2.16 bits per heavy atom. The summed E-state index contributed by atoms with van der Waals surface area (Å²) < 4.78 is 10.8. The number of aromatic nitrogens is 1. The molecule has 102 valence electrons. The van der Waals surface area contributed by atoms with Crippen molar-refractivity contribution >= 4 is 16.6 Å². The van der Waals surface area contributed by atoms with Crippen LogP contribution in [-0.4, -0.2) is 32.3 Å². The van der Waals surface area contributed by atoms with E-state index in [0.717, 1.165) is 29.6 Å². The van der Waals surface area contributed by atoms with E-state index in [1.165, 1.54) is 0 Å². The van der Waals surface area contributed by atoms with Crippen LogP contribution in [0.25, 0.3) is 10.9 Å². The lowest BCUT2D eigenvalue weighted by Gasteiger charge is -2.15. The average Bonchev–Trinajstić information content (AvgIpc) is 2.46. The molecule has 0 radical (unpaired) electrons. The number of ether oxygens (including phenoxy) is 2. The SMILES string of the molecule is COc1cc(NCCCN)c2ncccc2c1OC. The number of nitrogens with two attached hydrogens (primary N) is 1. The van der Waals surface area contributed by atoms with Gasteiger partial charge in [-0.15, -0.1) is 0 Å². The van der Waals surface area contributed by atoms with Gasteiger partial charge in [-0.25, -0.2) is 0 Å². The van der Waals surface area contributed by atoms with E-state index in [-0.39, 0.29) is 0 Å². The molecule has 3 N–H and O–H groups in total. The summed E-state index contributed by atoms with van der Waals surface area (Å²) in [7, 11) is 3.26. The zero-order valence-corrected chi connectivity index (χ0v) is 11.3. The Balaban J connectivity index is 2.50. The number of fused-ring (bicyclic) bond motifs is 1.